The van der Waals surface area contributed by atoms with Gasteiger partial charge in [-0.1, -0.05) is 17.7 Å². The lowest BCUT2D eigenvalue weighted by atomic mass is 10.0. The molecule has 1 atom stereocenters. The number of rotatable bonds is 4. The highest BCUT2D eigenvalue weighted by molar-refractivity contribution is 5.93. The molecule has 1 unspecified atom stereocenters. The van der Waals surface area contributed by atoms with Gasteiger partial charge in [0, 0.05) is 16.8 Å². The topological polar surface area (TPSA) is 75.3 Å². The molecule has 4 nitrogen and oxygen atoms in total. The third-order valence-corrected chi connectivity index (χ3v) is 3.53. The van der Waals surface area contributed by atoms with Crippen LogP contribution in [0.25, 0.3) is 0 Å². The maximum Gasteiger partial charge on any atom is 0.248 e. The Labute approximate surface area is 124 Å². The lowest BCUT2D eigenvalue weighted by molar-refractivity contribution is 0.1000. The highest BCUT2D eigenvalue weighted by atomic mass is 16.3. The van der Waals surface area contributed by atoms with E-state index in [4.69, 9.17) is 5.73 Å². The lowest BCUT2D eigenvalue weighted by Crippen LogP contribution is -2.12. The maximum atomic E-state index is 11.2. The monoisotopic (exact) mass is 284 g/mol. The summed E-state index contributed by atoms with van der Waals surface area (Å²) in [6.07, 6.45) is 0. The van der Waals surface area contributed by atoms with Gasteiger partial charge in [-0.25, -0.2) is 0 Å². The lowest BCUT2D eigenvalue weighted by Gasteiger charge is -2.19. The van der Waals surface area contributed by atoms with Crippen molar-refractivity contribution in [2.75, 3.05) is 5.32 Å². The number of nitrogens with one attached hydrogen (secondary N) is 1. The Bertz CT molecular complexity index is 680. The van der Waals surface area contributed by atoms with Gasteiger partial charge in [0.1, 0.15) is 5.75 Å². The number of hydrogen-bond acceptors (Lipinski definition) is 3. The zero-order chi connectivity index (χ0) is 15.6. The zero-order valence-electron chi connectivity index (χ0n) is 12.5. The Morgan fingerprint density at radius 2 is 1.90 bits per heavy atom. The average Bonchev–Trinajstić information content (AvgIpc) is 2.43. The van der Waals surface area contributed by atoms with E-state index < -0.39 is 5.91 Å². The number of nitrogens with two attached hydrogens (primary N) is 1. The van der Waals surface area contributed by atoms with Gasteiger partial charge in [0.05, 0.1) is 6.04 Å². The number of primary amides is 1. The standard InChI is InChI=1S/C17H20N2O2/c1-10-4-7-16(20)14(8-10)12(3)19-15-6-5-13(17(18)21)9-11(15)2/h4-9,12,19-20H,1-3H3,(H2,18,21). The van der Waals surface area contributed by atoms with Crippen LogP contribution in [0.2, 0.25) is 0 Å². The Hall–Kier alpha value is -2.49. The van der Waals surface area contributed by atoms with Gasteiger partial charge in [-0.2, -0.15) is 0 Å². The molecule has 2 rings (SSSR count). The maximum absolute atomic E-state index is 11.2. The first-order valence-corrected chi connectivity index (χ1v) is 6.85. The molecule has 0 heterocycles. The Kier molecular flexibility index (Phi) is 4.17. The van der Waals surface area contributed by atoms with E-state index in [2.05, 4.69) is 5.32 Å². The number of amides is 1. The Balaban J connectivity index is 2.25. The normalized spacial score (nSPS) is 12.0. The molecule has 0 fully saturated rings. The molecule has 4 N–H and O–H groups in total. The molecule has 1 amide bonds. The van der Waals surface area contributed by atoms with Crippen LogP contribution in [0, 0.1) is 13.8 Å². The predicted molar refractivity (Wildman–Crippen MR) is 84.6 cm³/mol. The molecule has 110 valence electrons. The van der Waals surface area contributed by atoms with E-state index in [1.165, 1.54) is 0 Å². The van der Waals surface area contributed by atoms with E-state index in [9.17, 15) is 9.90 Å². The summed E-state index contributed by atoms with van der Waals surface area (Å²) < 4.78 is 0. The first-order chi connectivity index (χ1) is 9.88. The second kappa shape index (κ2) is 5.87. The molecular formula is C17H20N2O2. The van der Waals surface area contributed by atoms with E-state index in [0.717, 1.165) is 22.4 Å². The van der Waals surface area contributed by atoms with Crippen LogP contribution in [0.15, 0.2) is 36.4 Å². The van der Waals surface area contributed by atoms with Crippen LogP contribution < -0.4 is 11.1 Å². The number of phenols is 1. The van der Waals surface area contributed by atoms with Crippen LogP contribution in [0.3, 0.4) is 0 Å². The molecule has 0 bridgehead atoms. The minimum Gasteiger partial charge on any atom is -0.508 e. The summed E-state index contributed by atoms with van der Waals surface area (Å²) in [6, 6.07) is 10.8. The van der Waals surface area contributed by atoms with Crippen molar-refractivity contribution in [2.45, 2.75) is 26.8 Å². The van der Waals surface area contributed by atoms with Crippen LogP contribution in [0.4, 0.5) is 5.69 Å². The minimum absolute atomic E-state index is 0.0528. The van der Waals surface area contributed by atoms with Crippen LogP contribution in [0.1, 0.15) is 40.0 Å². The van der Waals surface area contributed by atoms with Crippen molar-refractivity contribution in [1.82, 2.24) is 0 Å². The molecule has 0 saturated carbocycles. The summed E-state index contributed by atoms with van der Waals surface area (Å²) in [4.78, 5) is 11.2. The SMILES string of the molecule is Cc1ccc(O)c(C(C)Nc2ccc(C(N)=O)cc2C)c1. The highest BCUT2D eigenvalue weighted by Gasteiger charge is 2.12. The summed E-state index contributed by atoms with van der Waals surface area (Å²) in [5, 5.41) is 13.3. The Morgan fingerprint density at radius 3 is 2.52 bits per heavy atom. The Morgan fingerprint density at radius 1 is 1.19 bits per heavy atom. The van der Waals surface area contributed by atoms with Gasteiger partial charge in [-0.15, -0.1) is 0 Å². The van der Waals surface area contributed by atoms with Crippen molar-refractivity contribution in [2.24, 2.45) is 5.73 Å². The molecule has 0 aromatic heterocycles. The molecule has 0 aliphatic heterocycles. The smallest absolute Gasteiger partial charge is 0.248 e. The predicted octanol–water partition coefficient (Wildman–Crippen LogP) is 3.28. The zero-order valence-corrected chi connectivity index (χ0v) is 12.5. The summed E-state index contributed by atoms with van der Waals surface area (Å²) in [5.41, 5.74) is 9.54. The van der Waals surface area contributed by atoms with Gasteiger partial charge in [0.2, 0.25) is 5.91 Å². The molecule has 2 aromatic carbocycles. The van der Waals surface area contributed by atoms with E-state index >= 15 is 0 Å². The molecule has 0 aliphatic carbocycles. The molecule has 0 radical (unpaired) electrons. The fourth-order valence-corrected chi connectivity index (χ4v) is 2.31. The quantitative estimate of drug-likeness (QED) is 0.806. The number of aromatic hydroxyl groups is 1. The van der Waals surface area contributed by atoms with E-state index in [0.29, 0.717) is 5.56 Å². The molecule has 0 aliphatic rings. The van der Waals surface area contributed by atoms with E-state index in [-0.39, 0.29) is 11.8 Å². The summed E-state index contributed by atoms with van der Waals surface area (Å²) in [7, 11) is 0. The van der Waals surface area contributed by atoms with Crippen molar-refractivity contribution in [3.05, 3.63) is 58.7 Å². The fourth-order valence-electron chi connectivity index (χ4n) is 2.31. The number of hydrogen-bond donors (Lipinski definition) is 3. The molecule has 0 spiro atoms. The van der Waals surface area contributed by atoms with Crippen LogP contribution in [-0.2, 0) is 0 Å². The number of benzene rings is 2. The first-order valence-electron chi connectivity index (χ1n) is 6.85. The molecule has 2 aromatic rings. The number of carbonyl (C=O) groups is 1. The minimum atomic E-state index is -0.436. The fraction of sp³-hybridized carbons (Fsp3) is 0.235. The van der Waals surface area contributed by atoms with Crippen molar-refractivity contribution in [3.8, 4) is 5.75 Å². The van der Waals surface area contributed by atoms with E-state index in [1.807, 2.05) is 39.0 Å². The second-order valence-electron chi connectivity index (χ2n) is 5.32. The molecule has 21 heavy (non-hydrogen) atoms. The second-order valence-corrected chi connectivity index (χ2v) is 5.32. The van der Waals surface area contributed by atoms with Gasteiger partial charge in [0.25, 0.3) is 0 Å². The van der Waals surface area contributed by atoms with Gasteiger partial charge >= 0.3 is 0 Å². The molecule has 0 saturated heterocycles. The van der Waals surface area contributed by atoms with Crippen LogP contribution >= 0.6 is 0 Å². The first kappa shape index (κ1) is 14.9. The number of aryl methyl sites for hydroxylation is 2. The average molecular weight is 284 g/mol. The van der Waals surface area contributed by atoms with Crippen molar-refractivity contribution >= 4 is 11.6 Å². The third-order valence-electron chi connectivity index (χ3n) is 3.53. The van der Waals surface area contributed by atoms with Gasteiger partial charge in [0.15, 0.2) is 0 Å². The van der Waals surface area contributed by atoms with Crippen molar-refractivity contribution < 1.29 is 9.90 Å². The number of anilines is 1. The van der Waals surface area contributed by atoms with Crippen LogP contribution in [0.5, 0.6) is 5.75 Å². The molecular weight excluding hydrogens is 264 g/mol. The van der Waals surface area contributed by atoms with Crippen molar-refractivity contribution in [1.29, 1.82) is 0 Å². The highest BCUT2D eigenvalue weighted by Crippen LogP contribution is 2.29. The van der Waals surface area contributed by atoms with E-state index in [1.54, 1.807) is 18.2 Å². The molecule has 4 heteroatoms. The van der Waals surface area contributed by atoms with Gasteiger partial charge in [-0.3, -0.25) is 4.79 Å². The summed E-state index contributed by atoms with van der Waals surface area (Å²) >= 11 is 0. The van der Waals surface area contributed by atoms with Crippen molar-refractivity contribution in [3.63, 3.8) is 0 Å². The summed E-state index contributed by atoms with van der Waals surface area (Å²) in [6.45, 7) is 5.89. The van der Waals surface area contributed by atoms with Crippen LogP contribution in [-0.4, -0.2) is 11.0 Å². The number of carbonyl (C=O) groups excluding carboxylic acids is 1. The third kappa shape index (κ3) is 3.34. The largest absolute Gasteiger partial charge is 0.508 e. The number of phenolic OH excluding ortho intramolecular Hbond substituents is 1. The van der Waals surface area contributed by atoms with Gasteiger partial charge in [-0.05, 0) is 50.6 Å². The summed E-state index contributed by atoms with van der Waals surface area (Å²) in [5.74, 6) is -0.166. The van der Waals surface area contributed by atoms with Gasteiger partial charge < -0.3 is 16.2 Å².